The van der Waals surface area contributed by atoms with Crippen LogP contribution in [0.2, 0.25) is 0 Å². The molecule has 0 aliphatic rings. The Morgan fingerprint density at radius 1 is 1.40 bits per heavy atom. The predicted molar refractivity (Wildman–Crippen MR) is 102 cm³/mol. The van der Waals surface area contributed by atoms with Crippen LogP contribution >= 0.6 is 12.4 Å². The highest BCUT2D eigenvalue weighted by Gasteiger charge is 2.16. The Balaban J connectivity index is 0.00000312. The van der Waals surface area contributed by atoms with Gasteiger partial charge in [-0.3, -0.25) is 4.79 Å². The van der Waals surface area contributed by atoms with Gasteiger partial charge in [-0.05, 0) is 37.1 Å². The SMILES string of the molecule is CCCCC(CN)NC(=O)c1ccn(-c2cc(C)ccc2OC)n1.Cl. The van der Waals surface area contributed by atoms with Crippen molar-refractivity contribution in [1.82, 2.24) is 15.1 Å². The van der Waals surface area contributed by atoms with Crippen LogP contribution in [-0.2, 0) is 0 Å². The zero-order chi connectivity index (χ0) is 17.5. The van der Waals surface area contributed by atoms with Crippen molar-refractivity contribution in [2.75, 3.05) is 13.7 Å². The second-order valence-electron chi connectivity index (χ2n) is 5.87. The van der Waals surface area contributed by atoms with Gasteiger partial charge in [0.05, 0.1) is 7.11 Å². The van der Waals surface area contributed by atoms with E-state index in [2.05, 4.69) is 17.3 Å². The van der Waals surface area contributed by atoms with E-state index in [9.17, 15) is 4.79 Å². The zero-order valence-corrected chi connectivity index (χ0v) is 15.8. The number of hydrogen-bond donors (Lipinski definition) is 2. The number of halogens is 1. The Morgan fingerprint density at radius 3 is 2.80 bits per heavy atom. The predicted octanol–water partition coefficient (Wildman–Crippen LogP) is 2.86. The molecule has 0 bridgehead atoms. The lowest BCUT2D eigenvalue weighted by Gasteiger charge is -2.15. The van der Waals surface area contributed by atoms with Gasteiger partial charge in [0.25, 0.3) is 5.91 Å². The molecule has 138 valence electrons. The molecule has 25 heavy (non-hydrogen) atoms. The lowest BCUT2D eigenvalue weighted by molar-refractivity contribution is 0.0930. The van der Waals surface area contributed by atoms with Gasteiger partial charge in [0, 0.05) is 18.8 Å². The number of nitrogens with two attached hydrogens (primary N) is 1. The van der Waals surface area contributed by atoms with Crippen molar-refractivity contribution in [1.29, 1.82) is 0 Å². The van der Waals surface area contributed by atoms with Gasteiger partial charge >= 0.3 is 0 Å². The average Bonchev–Trinajstić information content (AvgIpc) is 3.08. The summed E-state index contributed by atoms with van der Waals surface area (Å²) in [6, 6.07) is 7.51. The lowest BCUT2D eigenvalue weighted by Crippen LogP contribution is -2.40. The Kier molecular flexibility index (Phi) is 8.45. The second kappa shape index (κ2) is 10.1. The summed E-state index contributed by atoms with van der Waals surface area (Å²) < 4.78 is 7.03. The van der Waals surface area contributed by atoms with Gasteiger partial charge in [-0.1, -0.05) is 25.8 Å². The summed E-state index contributed by atoms with van der Waals surface area (Å²) in [4.78, 5) is 12.4. The first-order valence-electron chi connectivity index (χ1n) is 8.30. The third-order valence-electron chi connectivity index (χ3n) is 3.93. The average molecular weight is 367 g/mol. The van der Waals surface area contributed by atoms with Crippen LogP contribution in [-0.4, -0.2) is 35.4 Å². The molecule has 0 aliphatic heterocycles. The van der Waals surface area contributed by atoms with E-state index in [4.69, 9.17) is 10.5 Å². The molecule has 1 atom stereocenters. The van der Waals surface area contributed by atoms with Crippen molar-refractivity contribution < 1.29 is 9.53 Å². The normalized spacial score (nSPS) is 11.5. The van der Waals surface area contributed by atoms with E-state index in [0.717, 1.165) is 30.5 Å². The lowest BCUT2D eigenvalue weighted by atomic mass is 10.1. The highest BCUT2D eigenvalue weighted by atomic mass is 35.5. The number of carbonyl (C=O) groups excluding carboxylic acids is 1. The van der Waals surface area contributed by atoms with Gasteiger partial charge < -0.3 is 15.8 Å². The molecule has 6 nitrogen and oxygen atoms in total. The first-order valence-corrected chi connectivity index (χ1v) is 8.30. The van der Waals surface area contributed by atoms with Crippen LogP contribution in [0.15, 0.2) is 30.5 Å². The molecule has 1 amide bonds. The van der Waals surface area contributed by atoms with Gasteiger partial charge in [0.15, 0.2) is 5.69 Å². The van der Waals surface area contributed by atoms with Gasteiger partial charge in [-0.2, -0.15) is 5.10 Å². The molecule has 0 saturated heterocycles. The number of nitrogens with zero attached hydrogens (tertiary/aromatic N) is 2. The zero-order valence-electron chi connectivity index (χ0n) is 15.0. The minimum absolute atomic E-state index is 0. The van der Waals surface area contributed by atoms with Crippen molar-refractivity contribution in [3.63, 3.8) is 0 Å². The number of aromatic nitrogens is 2. The number of rotatable bonds is 8. The van der Waals surface area contributed by atoms with E-state index < -0.39 is 0 Å². The summed E-state index contributed by atoms with van der Waals surface area (Å²) in [6.07, 6.45) is 4.76. The van der Waals surface area contributed by atoms with Crippen LogP contribution in [0.3, 0.4) is 0 Å². The maximum absolute atomic E-state index is 12.4. The van der Waals surface area contributed by atoms with Crippen molar-refractivity contribution in [3.8, 4) is 11.4 Å². The van der Waals surface area contributed by atoms with Crippen LogP contribution in [0, 0.1) is 6.92 Å². The molecule has 0 saturated carbocycles. The molecule has 1 aromatic carbocycles. The monoisotopic (exact) mass is 366 g/mol. The van der Waals surface area contributed by atoms with E-state index >= 15 is 0 Å². The number of ether oxygens (including phenoxy) is 1. The Morgan fingerprint density at radius 2 is 2.16 bits per heavy atom. The quantitative estimate of drug-likeness (QED) is 0.752. The van der Waals surface area contributed by atoms with Gasteiger partial charge in [-0.25, -0.2) is 4.68 Å². The fourth-order valence-electron chi connectivity index (χ4n) is 2.52. The van der Waals surface area contributed by atoms with Crippen LogP contribution in [0.5, 0.6) is 5.75 Å². The molecule has 0 spiro atoms. The fourth-order valence-corrected chi connectivity index (χ4v) is 2.52. The third kappa shape index (κ3) is 5.47. The summed E-state index contributed by atoms with van der Waals surface area (Å²) >= 11 is 0. The van der Waals surface area contributed by atoms with Crippen LogP contribution < -0.4 is 15.8 Å². The van der Waals surface area contributed by atoms with Crippen LogP contribution in [0.4, 0.5) is 0 Å². The van der Waals surface area contributed by atoms with Crippen molar-refractivity contribution >= 4 is 18.3 Å². The van der Waals surface area contributed by atoms with Gasteiger partial charge in [0.2, 0.25) is 0 Å². The van der Waals surface area contributed by atoms with E-state index in [-0.39, 0.29) is 24.4 Å². The van der Waals surface area contributed by atoms with Crippen LogP contribution in [0.1, 0.15) is 42.2 Å². The summed E-state index contributed by atoms with van der Waals surface area (Å²) in [5.41, 5.74) is 8.00. The smallest absolute Gasteiger partial charge is 0.272 e. The van der Waals surface area contributed by atoms with Crippen molar-refractivity contribution in [3.05, 3.63) is 41.7 Å². The summed E-state index contributed by atoms with van der Waals surface area (Å²) in [5, 5.41) is 7.33. The number of carbonyl (C=O) groups is 1. The summed E-state index contributed by atoms with van der Waals surface area (Å²) in [7, 11) is 1.62. The Hall–Kier alpha value is -2.05. The number of nitrogens with one attached hydrogen (secondary N) is 1. The number of amides is 1. The second-order valence-corrected chi connectivity index (χ2v) is 5.87. The molecular weight excluding hydrogens is 340 g/mol. The first-order chi connectivity index (χ1) is 11.6. The van der Waals surface area contributed by atoms with Crippen LogP contribution in [0.25, 0.3) is 5.69 Å². The number of methoxy groups -OCH3 is 1. The Bertz CT molecular complexity index is 687. The summed E-state index contributed by atoms with van der Waals surface area (Å²) in [5.74, 6) is 0.505. The largest absolute Gasteiger partial charge is 0.494 e. The molecule has 3 N–H and O–H groups in total. The molecular formula is C18H27ClN4O2. The molecule has 0 fully saturated rings. The molecule has 0 radical (unpaired) electrons. The topological polar surface area (TPSA) is 82.2 Å². The molecule has 0 aliphatic carbocycles. The number of aryl methyl sites for hydroxylation is 1. The van der Waals surface area contributed by atoms with E-state index in [1.165, 1.54) is 0 Å². The molecule has 1 heterocycles. The molecule has 2 rings (SSSR count). The Labute approximate surface area is 155 Å². The number of unbranched alkanes of at least 4 members (excludes halogenated alkanes) is 1. The van der Waals surface area contributed by atoms with Crippen molar-refractivity contribution in [2.45, 2.75) is 39.2 Å². The fraction of sp³-hybridized carbons (Fsp3) is 0.444. The standard InChI is InChI=1S/C18H26N4O2.ClH/c1-4-5-6-14(12-19)20-18(23)15-9-10-22(21-15)16-11-13(2)7-8-17(16)24-3;/h7-11,14H,4-6,12,19H2,1-3H3,(H,20,23);1H. The first kappa shape index (κ1) is 21.0. The maximum atomic E-state index is 12.4. The van der Waals surface area contributed by atoms with E-state index in [1.807, 2.05) is 25.1 Å². The molecule has 7 heteroatoms. The maximum Gasteiger partial charge on any atom is 0.272 e. The minimum Gasteiger partial charge on any atom is -0.494 e. The third-order valence-corrected chi connectivity index (χ3v) is 3.93. The van der Waals surface area contributed by atoms with Gasteiger partial charge in [0.1, 0.15) is 11.4 Å². The van der Waals surface area contributed by atoms with E-state index in [0.29, 0.717) is 18.0 Å². The minimum atomic E-state index is -0.202. The summed E-state index contributed by atoms with van der Waals surface area (Å²) in [6.45, 7) is 4.55. The van der Waals surface area contributed by atoms with E-state index in [1.54, 1.807) is 24.1 Å². The van der Waals surface area contributed by atoms with Gasteiger partial charge in [-0.15, -0.1) is 12.4 Å². The molecule has 2 aromatic rings. The molecule has 1 unspecified atom stereocenters. The number of hydrogen-bond acceptors (Lipinski definition) is 4. The molecule has 1 aromatic heterocycles. The van der Waals surface area contributed by atoms with Crippen molar-refractivity contribution in [2.24, 2.45) is 5.73 Å². The number of benzene rings is 1. The highest BCUT2D eigenvalue weighted by molar-refractivity contribution is 5.92. The highest BCUT2D eigenvalue weighted by Crippen LogP contribution is 2.23.